The fourth-order valence-corrected chi connectivity index (χ4v) is 1.18. The number of aliphatic imine (C=N–C) groups is 1. The second-order valence-corrected chi connectivity index (χ2v) is 2.78. The van der Waals surface area contributed by atoms with Crippen molar-refractivity contribution in [1.82, 2.24) is 0 Å². The highest BCUT2D eigenvalue weighted by molar-refractivity contribution is 5.75. The SMILES string of the molecule is CC1CC(N=C(N)N)C1. The highest BCUT2D eigenvalue weighted by atomic mass is 15.0. The Hall–Kier alpha value is -0.730. The summed E-state index contributed by atoms with van der Waals surface area (Å²) in [5.41, 5.74) is 10.4. The van der Waals surface area contributed by atoms with Gasteiger partial charge >= 0.3 is 0 Å². The number of hydrogen-bond donors (Lipinski definition) is 2. The van der Waals surface area contributed by atoms with Crippen molar-refractivity contribution in [2.24, 2.45) is 22.4 Å². The zero-order chi connectivity index (χ0) is 6.85. The van der Waals surface area contributed by atoms with Gasteiger partial charge in [0.2, 0.25) is 0 Å². The third-order valence-corrected chi connectivity index (χ3v) is 1.68. The lowest BCUT2D eigenvalue weighted by atomic mass is 9.82. The van der Waals surface area contributed by atoms with Crippen LogP contribution in [0, 0.1) is 5.92 Å². The minimum Gasteiger partial charge on any atom is -0.370 e. The minimum atomic E-state index is 0.229. The summed E-state index contributed by atoms with van der Waals surface area (Å²) in [6.07, 6.45) is 2.30. The van der Waals surface area contributed by atoms with Crippen molar-refractivity contribution in [2.45, 2.75) is 25.8 Å². The quantitative estimate of drug-likeness (QED) is 0.386. The second-order valence-electron chi connectivity index (χ2n) is 2.78. The van der Waals surface area contributed by atoms with Gasteiger partial charge in [-0.3, -0.25) is 4.99 Å². The molecule has 52 valence electrons. The van der Waals surface area contributed by atoms with E-state index in [4.69, 9.17) is 11.5 Å². The Bertz CT molecular complexity index is 120. The Balaban J connectivity index is 2.25. The van der Waals surface area contributed by atoms with Gasteiger partial charge in [-0.05, 0) is 18.8 Å². The Morgan fingerprint density at radius 3 is 2.33 bits per heavy atom. The normalized spacial score (nSPS) is 33.0. The maximum absolute atomic E-state index is 5.18. The monoisotopic (exact) mass is 127 g/mol. The minimum absolute atomic E-state index is 0.229. The molecule has 0 unspecified atom stereocenters. The maximum atomic E-state index is 5.18. The Morgan fingerprint density at radius 2 is 2.00 bits per heavy atom. The summed E-state index contributed by atoms with van der Waals surface area (Å²) in [4.78, 5) is 4.01. The highest BCUT2D eigenvalue weighted by Gasteiger charge is 2.24. The third kappa shape index (κ3) is 1.59. The topological polar surface area (TPSA) is 64.4 Å². The molecule has 0 amide bonds. The number of hydrogen-bond acceptors (Lipinski definition) is 1. The van der Waals surface area contributed by atoms with Gasteiger partial charge < -0.3 is 11.5 Å². The van der Waals surface area contributed by atoms with E-state index in [1.165, 1.54) is 0 Å². The van der Waals surface area contributed by atoms with Crippen LogP contribution >= 0.6 is 0 Å². The van der Waals surface area contributed by atoms with Crippen LogP contribution in [-0.2, 0) is 0 Å². The van der Waals surface area contributed by atoms with Crippen LogP contribution in [-0.4, -0.2) is 12.0 Å². The second kappa shape index (κ2) is 2.25. The molecule has 3 heteroatoms. The van der Waals surface area contributed by atoms with Gasteiger partial charge in [0.1, 0.15) is 0 Å². The lowest BCUT2D eigenvalue weighted by molar-refractivity contribution is 0.292. The molecule has 0 aromatic heterocycles. The smallest absolute Gasteiger partial charge is 0.186 e. The number of nitrogens with zero attached hydrogens (tertiary/aromatic N) is 1. The molecule has 0 saturated heterocycles. The van der Waals surface area contributed by atoms with Crippen LogP contribution in [0.25, 0.3) is 0 Å². The van der Waals surface area contributed by atoms with E-state index < -0.39 is 0 Å². The van der Waals surface area contributed by atoms with Crippen LogP contribution in [0.1, 0.15) is 19.8 Å². The van der Waals surface area contributed by atoms with Crippen molar-refractivity contribution in [2.75, 3.05) is 0 Å². The Morgan fingerprint density at radius 1 is 1.44 bits per heavy atom. The first kappa shape index (κ1) is 6.39. The van der Waals surface area contributed by atoms with Crippen molar-refractivity contribution < 1.29 is 0 Å². The van der Waals surface area contributed by atoms with Crippen LogP contribution in [0.4, 0.5) is 0 Å². The van der Waals surface area contributed by atoms with E-state index in [-0.39, 0.29) is 5.96 Å². The molecule has 0 aromatic carbocycles. The van der Waals surface area contributed by atoms with Gasteiger partial charge in [-0.25, -0.2) is 0 Å². The predicted octanol–water partition coefficient (Wildman–Crippen LogP) is 0.0583. The van der Waals surface area contributed by atoms with Gasteiger partial charge in [0.15, 0.2) is 5.96 Å². The van der Waals surface area contributed by atoms with E-state index in [1.54, 1.807) is 0 Å². The van der Waals surface area contributed by atoms with Crippen molar-refractivity contribution in [3.63, 3.8) is 0 Å². The first-order chi connectivity index (χ1) is 4.18. The molecule has 4 N–H and O–H groups in total. The van der Waals surface area contributed by atoms with E-state index in [0.29, 0.717) is 6.04 Å². The standard InChI is InChI=1S/C6H13N3/c1-4-2-5(3-4)9-6(7)8/h4-5H,2-3H2,1H3,(H4,7,8,9). The maximum Gasteiger partial charge on any atom is 0.186 e. The fraction of sp³-hybridized carbons (Fsp3) is 0.833. The third-order valence-electron chi connectivity index (χ3n) is 1.68. The van der Waals surface area contributed by atoms with E-state index in [1.807, 2.05) is 0 Å². The lowest BCUT2D eigenvalue weighted by Gasteiger charge is -2.28. The predicted molar refractivity (Wildman–Crippen MR) is 38.0 cm³/mol. The van der Waals surface area contributed by atoms with Gasteiger partial charge in [0.25, 0.3) is 0 Å². The summed E-state index contributed by atoms with van der Waals surface area (Å²) in [5.74, 6) is 1.05. The summed E-state index contributed by atoms with van der Waals surface area (Å²) in [6.45, 7) is 2.21. The molecule has 0 spiro atoms. The fourth-order valence-electron chi connectivity index (χ4n) is 1.18. The molecule has 1 aliphatic rings. The van der Waals surface area contributed by atoms with Crippen molar-refractivity contribution >= 4 is 5.96 Å². The molecular formula is C6H13N3. The van der Waals surface area contributed by atoms with Gasteiger partial charge in [-0.15, -0.1) is 0 Å². The number of guanidine groups is 1. The average Bonchev–Trinajstić information content (AvgIpc) is 1.60. The summed E-state index contributed by atoms with van der Waals surface area (Å²) in [6, 6.07) is 0.421. The van der Waals surface area contributed by atoms with Gasteiger partial charge in [-0.1, -0.05) is 6.92 Å². The van der Waals surface area contributed by atoms with Crippen LogP contribution in [0.15, 0.2) is 4.99 Å². The number of nitrogens with two attached hydrogens (primary N) is 2. The first-order valence-electron chi connectivity index (χ1n) is 3.27. The summed E-state index contributed by atoms with van der Waals surface area (Å²) in [7, 11) is 0. The molecule has 0 atom stereocenters. The van der Waals surface area contributed by atoms with Gasteiger partial charge in [0.05, 0.1) is 6.04 Å². The molecule has 1 fully saturated rings. The molecule has 0 aromatic rings. The van der Waals surface area contributed by atoms with E-state index in [0.717, 1.165) is 18.8 Å². The van der Waals surface area contributed by atoms with Gasteiger partial charge in [0, 0.05) is 0 Å². The molecule has 3 nitrogen and oxygen atoms in total. The van der Waals surface area contributed by atoms with Crippen molar-refractivity contribution in [1.29, 1.82) is 0 Å². The highest BCUT2D eigenvalue weighted by Crippen LogP contribution is 2.28. The van der Waals surface area contributed by atoms with Crippen LogP contribution < -0.4 is 11.5 Å². The molecule has 0 aliphatic heterocycles. The summed E-state index contributed by atoms with van der Waals surface area (Å²) < 4.78 is 0. The lowest BCUT2D eigenvalue weighted by Crippen LogP contribution is -2.31. The molecule has 1 aliphatic carbocycles. The Kier molecular flexibility index (Phi) is 1.60. The summed E-state index contributed by atoms with van der Waals surface area (Å²) >= 11 is 0. The van der Waals surface area contributed by atoms with E-state index >= 15 is 0 Å². The zero-order valence-electron chi connectivity index (χ0n) is 5.67. The van der Waals surface area contributed by atoms with Crippen molar-refractivity contribution in [3.8, 4) is 0 Å². The number of rotatable bonds is 1. The Labute approximate surface area is 55.1 Å². The van der Waals surface area contributed by atoms with E-state index in [2.05, 4.69) is 11.9 Å². The van der Waals surface area contributed by atoms with Crippen molar-refractivity contribution in [3.05, 3.63) is 0 Å². The van der Waals surface area contributed by atoms with Gasteiger partial charge in [-0.2, -0.15) is 0 Å². The largest absolute Gasteiger partial charge is 0.370 e. The molecule has 0 radical (unpaired) electrons. The zero-order valence-corrected chi connectivity index (χ0v) is 5.67. The summed E-state index contributed by atoms with van der Waals surface area (Å²) in [5, 5.41) is 0. The van der Waals surface area contributed by atoms with Crippen LogP contribution in [0.5, 0.6) is 0 Å². The van der Waals surface area contributed by atoms with Crippen LogP contribution in [0.3, 0.4) is 0 Å². The van der Waals surface area contributed by atoms with E-state index in [9.17, 15) is 0 Å². The van der Waals surface area contributed by atoms with Crippen LogP contribution in [0.2, 0.25) is 0 Å². The molecule has 1 rings (SSSR count). The molecule has 0 bridgehead atoms. The molecular weight excluding hydrogens is 114 g/mol. The first-order valence-corrected chi connectivity index (χ1v) is 3.27. The molecule has 1 saturated carbocycles. The molecule has 9 heavy (non-hydrogen) atoms. The molecule has 0 heterocycles. The average molecular weight is 127 g/mol.